The van der Waals surface area contributed by atoms with Crippen molar-refractivity contribution in [3.05, 3.63) is 48.5 Å². The van der Waals surface area contributed by atoms with E-state index < -0.39 is 0 Å². The Morgan fingerprint density at radius 1 is 1.14 bits per heavy atom. The molecule has 9 heteroatoms. The molecule has 0 radical (unpaired) electrons. The molecule has 35 heavy (non-hydrogen) atoms. The molecule has 0 unspecified atom stereocenters. The number of nitrogens with one attached hydrogen (secondary N) is 1. The number of methoxy groups -OCH3 is 1. The van der Waals surface area contributed by atoms with E-state index in [2.05, 4.69) is 38.8 Å². The first-order chi connectivity index (χ1) is 17.1. The molecular weight excluding hydrogens is 462 g/mol. The van der Waals surface area contributed by atoms with Gasteiger partial charge in [0.15, 0.2) is 11.0 Å². The molecule has 1 atom stereocenters. The first kappa shape index (κ1) is 25.1. The van der Waals surface area contributed by atoms with Crippen molar-refractivity contribution < 1.29 is 14.3 Å². The number of hydrogen-bond acceptors (Lipinski definition) is 7. The molecule has 1 N–H and O–H groups in total. The molecular formula is C26H33N5O3S. The molecule has 3 aromatic rings. The molecule has 1 saturated heterocycles. The van der Waals surface area contributed by atoms with Crippen LogP contribution in [-0.4, -0.2) is 59.3 Å². The standard InChI is InChI=1S/C26H33N5O3S/c1-4-30(5-2)21-12-10-20(11-13-21)27-24(32)18-35-26-29-28-25(19-8-14-22(33-3)15-9-19)31(26)17-23-7-6-16-34-23/h8-15,23H,4-7,16-18H2,1-3H3,(H,27,32)/t23-/m1/s1. The highest BCUT2D eigenvalue weighted by atomic mass is 32.2. The summed E-state index contributed by atoms with van der Waals surface area (Å²) in [6.45, 7) is 7.60. The lowest BCUT2D eigenvalue weighted by molar-refractivity contribution is -0.113. The number of carbonyl (C=O) groups is 1. The maximum absolute atomic E-state index is 12.7. The zero-order chi connectivity index (χ0) is 24.6. The zero-order valence-corrected chi connectivity index (χ0v) is 21.4. The third-order valence-corrected chi connectivity index (χ3v) is 7.05. The highest BCUT2D eigenvalue weighted by Crippen LogP contribution is 2.28. The van der Waals surface area contributed by atoms with Gasteiger partial charge in [-0.3, -0.25) is 9.36 Å². The maximum Gasteiger partial charge on any atom is 0.234 e. The van der Waals surface area contributed by atoms with Gasteiger partial charge in [0.05, 0.1) is 25.5 Å². The number of thioether (sulfide) groups is 1. The van der Waals surface area contributed by atoms with Crippen molar-refractivity contribution in [3.8, 4) is 17.1 Å². The lowest BCUT2D eigenvalue weighted by Gasteiger charge is -2.21. The summed E-state index contributed by atoms with van der Waals surface area (Å²) in [4.78, 5) is 14.9. The van der Waals surface area contributed by atoms with Gasteiger partial charge in [0.1, 0.15) is 5.75 Å². The molecule has 1 aliphatic rings. The van der Waals surface area contributed by atoms with Crippen molar-refractivity contribution >= 4 is 29.0 Å². The van der Waals surface area contributed by atoms with Gasteiger partial charge in [-0.05, 0) is 75.2 Å². The van der Waals surface area contributed by atoms with Crippen molar-refractivity contribution in [1.82, 2.24) is 14.8 Å². The summed E-state index contributed by atoms with van der Waals surface area (Å²) in [6, 6.07) is 15.7. The van der Waals surface area contributed by atoms with Crippen LogP contribution in [0.25, 0.3) is 11.4 Å². The second-order valence-corrected chi connectivity index (χ2v) is 9.28. The number of hydrogen-bond donors (Lipinski definition) is 1. The summed E-state index contributed by atoms with van der Waals surface area (Å²) in [5.74, 6) is 1.71. The Bertz CT molecular complexity index is 1090. The Balaban J connectivity index is 1.44. The fourth-order valence-electron chi connectivity index (χ4n) is 4.18. The van der Waals surface area contributed by atoms with Crippen LogP contribution < -0.4 is 15.0 Å². The van der Waals surface area contributed by atoms with Crippen molar-refractivity contribution in [2.75, 3.05) is 42.8 Å². The van der Waals surface area contributed by atoms with Crippen LogP contribution in [0.1, 0.15) is 26.7 Å². The lowest BCUT2D eigenvalue weighted by atomic mass is 10.2. The molecule has 2 aromatic carbocycles. The van der Waals surface area contributed by atoms with Crippen LogP contribution in [0.5, 0.6) is 5.75 Å². The van der Waals surface area contributed by atoms with Gasteiger partial charge in [0.2, 0.25) is 5.91 Å². The van der Waals surface area contributed by atoms with E-state index >= 15 is 0 Å². The summed E-state index contributed by atoms with van der Waals surface area (Å²) in [5.41, 5.74) is 2.88. The first-order valence-corrected chi connectivity index (χ1v) is 13.1. The molecule has 186 valence electrons. The molecule has 0 saturated carbocycles. The Morgan fingerprint density at radius 2 is 1.89 bits per heavy atom. The molecule has 0 bridgehead atoms. The van der Waals surface area contributed by atoms with Gasteiger partial charge in [0.25, 0.3) is 0 Å². The number of amides is 1. The molecule has 1 aromatic heterocycles. The fraction of sp³-hybridized carbons (Fsp3) is 0.423. The van der Waals surface area contributed by atoms with Crippen LogP contribution in [0.3, 0.4) is 0 Å². The van der Waals surface area contributed by atoms with Crippen LogP contribution >= 0.6 is 11.8 Å². The molecule has 4 rings (SSSR count). The Kier molecular flexibility index (Phi) is 8.65. The zero-order valence-electron chi connectivity index (χ0n) is 20.6. The Morgan fingerprint density at radius 3 is 2.51 bits per heavy atom. The number of aromatic nitrogens is 3. The minimum Gasteiger partial charge on any atom is -0.497 e. The van der Waals surface area contributed by atoms with Crippen LogP contribution in [0, 0.1) is 0 Å². The van der Waals surface area contributed by atoms with E-state index in [0.717, 1.165) is 61.1 Å². The second kappa shape index (κ2) is 12.1. The minimum atomic E-state index is -0.0803. The third-order valence-electron chi connectivity index (χ3n) is 6.09. The predicted octanol–water partition coefficient (Wildman–Crippen LogP) is 4.71. The molecule has 1 amide bonds. The number of ether oxygens (including phenoxy) is 2. The lowest BCUT2D eigenvalue weighted by Crippen LogP contribution is -2.21. The van der Waals surface area contributed by atoms with Crippen molar-refractivity contribution in [3.63, 3.8) is 0 Å². The summed E-state index contributed by atoms with van der Waals surface area (Å²) < 4.78 is 13.2. The van der Waals surface area contributed by atoms with Crippen molar-refractivity contribution in [2.45, 2.75) is 44.5 Å². The third kappa shape index (κ3) is 6.35. The SMILES string of the molecule is CCN(CC)c1ccc(NC(=O)CSc2nnc(-c3ccc(OC)cc3)n2C[C@H]2CCCO2)cc1. The van der Waals surface area contributed by atoms with Crippen LogP contribution in [-0.2, 0) is 16.1 Å². The van der Waals surface area contributed by atoms with E-state index in [9.17, 15) is 4.79 Å². The average Bonchev–Trinajstić information content (AvgIpc) is 3.55. The molecule has 8 nitrogen and oxygen atoms in total. The molecule has 2 heterocycles. The topological polar surface area (TPSA) is 81.5 Å². The van der Waals surface area contributed by atoms with Crippen molar-refractivity contribution in [1.29, 1.82) is 0 Å². The van der Waals surface area contributed by atoms with E-state index in [1.807, 2.05) is 48.5 Å². The first-order valence-electron chi connectivity index (χ1n) is 12.1. The van der Waals surface area contributed by atoms with E-state index in [4.69, 9.17) is 9.47 Å². The van der Waals surface area contributed by atoms with Gasteiger partial charge >= 0.3 is 0 Å². The monoisotopic (exact) mass is 495 g/mol. The van der Waals surface area contributed by atoms with Gasteiger partial charge in [-0.15, -0.1) is 10.2 Å². The van der Waals surface area contributed by atoms with Crippen molar-refractivity contribution in [2.24, 2.45) is 0 Å². The molecule has 1 fully saturated rings. The molecule has 0 aliphatic carbocycles. The van der Waals surface area contributed by atoms with E-state index in [1.54, 1.807) is 7.11 Å². The fourth-order valence-corrected chi connectivity index (χ4v) is 4.92. The molecule has 1 aliphatic heterocycles. The van der Waals surface area contributed by atoms with E-state index in [-0.39, 0.29) is 17.8 Å². The largest absolute Gasteiger partial charge is 0.497 e. The van der Waals surface area contributed by atoms with Gasteiger partial charge in [-0.25, -0.2) is 0 Å². The smallest absolute Gasteiger partial charge is 0.234 e. The van der Waals surface area contributed by atoms with Gasteiger partial charge < -0.3 is 19.7 Å². The predicted molar refractivity (Wildman–Crippen MR) is 140 cm³/mol. The van der Waals surface area contributed by atoms with Gasteiger partial charge in [-0.2, -0.15) is 0 Å². The van der Waals surface area contributed by atoms with E-state index in [1.165, 1.54) is 11.8 Å². The quantitative estimate of drug-likeness (QED) is 0.386. The highest BCUT2D eigenvalue weighted by Gasteiger charge is 2.22. The maximum atomic E-state index is 12.7. The summed E-state index contributed by atoms with van der Waals surface area (Å²) >= 11 is 1.39. The Labute approximate surface area is 211 Å². The Hall–Kier alpha value is -3.04. The van der Waals surface area contributed by atoms with Crippen LogP contribution in [0.2, 0.25) is 0 Å². The number of rotatable bonds is 11. The number of carbonyl (C=O) groups excluding carboxylic acids is 1. The average molecular weight is 496 g/mol. The number of anilines is 2. The number of benzene rings is 2. The van der Waals surface area contributed by atoms with Crippen LogP contribution in [0.4, 0.5) is 11.4 Å². The molecule has 0 spiro atoms. The second-order valence-electron chi connectivity index (χ2n) is 8.34. The van der Waals surface area contributed by atoms with Gasteiger partial charge in [0, 0.05) is 36.6 Å². The number of nitrogens with zero attached hydrogens (tertiary/aromatic N) is 4. The summed E-state index contributed by atoms with van der Waals surface area (Å²) in [7, 11) is 1.65. The van der Waals surface area contributed by atoms with E-state index in [0.29, 0.717) is 11.7 Å². The van der Waals surface area contributed by atoms with Gasteiger partial charge in [-0.1, -0.05) is 11.8 Å². The van der Waals surface area contributed by atoms with Crippen LogP contribution in [0.15, 0.2) is 53.7 Å². The highest BCUT2D eigenvalue weighted by molar-refractivity contribution is 7.99. The normalized spacial score (nSPS) is 15.2. The summed E-state index contributed by atoms with van der Waals surface area (Å²) in [6.07, 6.45) is 2.19. The minimum absolute atomic E-state index is 0.0803. The summed E-state index contributed by atoms with van der Waals surface area (Å²) in [5, 5.41) is 12.5.